The van der Waals surface area contributed by atoms with Crippen LogP contribution in [0, 0.1) is 0 Å². The van der Waals surface area contributed by atoms with Crippen LogP contribution >= 0.6 is 0 Å². The first-order valence-corrected chi connectivity index (χ1v) is 2.27. The van der Waals surface area contributed by atoms with Gasteiger partial charge in [-0.3, -0.25) is 0 Å². The normalized spacial score (nSPS) is 14.2. The predicted octanol–water partition coefficient (Wildman–Crippen LogP) is -0.867. The monoisotopic (exact) mass is 361 g/mol. The predicted molar refractivity (Wildman–Crippen MR) is 26.0 cm³/mol. The molecule has 0 saturated heterocycles. The molecule has 8 heteroatoms. The van der Waals surface area contributed by atoms with Crippen molar-refractivity contribution in [2.75, 3.05) is 0 Å². The Morgan fingerprint density at radius 3 is 1.78 bits per heavy atom. The Hall–Kier alpha value is 0.743. The molecule has 0 bridgehead atoms. The van der Waals surface area contributed by atoms with Gasteiger partial charge in [-0.05, 0) is 0 Å². The van der Waals surface area contributed by atoms with Gasteiger partial charge in [0, 0.05) is 0 Å². The summed E-state index contributed by atoms with van der Waals surface area (Å²) in [7, 11) is 0. The average molecular weight is 361 g/mol. The molecule has 0 radical (unpaired) electrons. The fourth-order valence-corrected chi connectivity index (χ4v) is 0.231. The van der Waals surface area contributed by atoms with E-state index < -0.39 is 17.7 Å². The Bertz CT molecular complexity index is 102. The molecule has 0 aliphatic heterocycles. The summed E-state index contributed by atoms with van der Waals surface area (Å²) in [5.74, 6) is 0. The first kappa shape index (κ1) is 12.4. The molecular formula is CH3BiF3O3S-. The molecule has 1 unspecified atom stereocenters. The van der Waals surface area contributed by atoms with Gasteiger partial charge in [0.1, 0.15) is 0 Å². The number of hydrogen-bond acceptors (Lipinski definition) is 3. The number of hydrogen-bond donors (Lipinski definition) is 0. The van der Waals surface area contributed by atoms with Crippen molar-refractivity contribution in [1.29, 1.82) is 0 Å². The van der Waals surface area contributed by atoms with E-state index in [1.165, 1.54) is 0 Å². The van der Waals surface area contributed by atoms with Crippen LogP contribution in [0.4, 0.5) is 13.2 Å². The van der Waals surface area contributed by atoms with Gasteiger partial charge in [-0.2, -0.15) is 0 Å². The summed E-state index contributed by atoms with van der Waals surface area (Å²) >= 11 is -3.51. The standard InChI is InChI=1S/CHF3O3S.Bi.3H/c2-1(3,4)7-8(5)6;;;;/h(H,5,6);;;;/p-1. The van der Waals surface area contributed by atoms with Gasteiger partial charge >= 0.3 is 32.6 Å². The summed E-state index contributed by atoms with van der Waals surface area (Å²) in [6, 6.07) is 0. The molecule has 0 spiro atoms. The molecule has 0 aliphatic rings. The molecule has 0 N–H and O–H groups in total. The van der Waals surface area contributed by atoms with Crippen molar-refractivity contribution in [3.63, 3.8) is 0 Å². The van der Waals surface area contributed by atoms with E-state index in [0.717, 1.165) is 0 Å². The van der Waals surface area contributed by atoms with E-state index in [9.17, 15) is 13.2 Å². The molecule has 0 rings (SSSR count). The fourth-order valence-electron chi connectivity index (χ4n) is 0.0772. The first-order valence-electron chi connectivity index (χ1n) is 1.27. The zero-order valence-electron chi connectivity index (χ0n) is 3.97. The zero-order valence-corrected chi connectivity index (χ0v) is 10.3. The van der Waals surface area contributed by atoms with E-state index in [1.807, 2.05) is 0 Å². The van der Waals surface area contributed by atoms with Gasteiger partial charge in [0.25, 0.3) is 0 Å². The Balaban J connectivity index is 0. The van der Waals surface area contributed by atoms with Gasteiger partial charge in [0.2, 0.25) is 0 Å². The molecule has 58 valence electrons. The summed E-state index contributed by atoms with van der Waals surface area (Å²) in [6.45, 7) is 0. The van der Waals surface area contributed by atoms with Crippen molar-refractivity contribution < 1.29 is 26.1 Å². The Labute approximate surface area is 70.2 Å². The Morgan fingerprint density at radius 2 is 1.78 bits per heavy atom. The quantitative estimate of drug-likeness (QED) is 0.451. The van der Waals surface area contributed by atoms with E-state index in [-0.39, 0.29) is 26.2 Å². The molecule has 0 aromatic carbocycles. The van der Waals surface area contributed by atoms with Crippen LogP contribution in [0.5, 0.6) is 0 Å². The molecular weight excluding hydrogens is 358 g/mol. The maximum atomic E-state index is 10.7. The van der Waals surface area contributed by atoms with Crippen LogP contribution in [-0.2, 0) is 15.5 Å². The summed E-state index contributed by atoms with van der Waals surface area (Å²) < 4.78 is 52.6. The zero-order chi connectivity index (χ0) is 6.78. The van der Waals surface area contributed by atoms with Gasteiger partial charge in [0.15, 0.2) is 0 Å². The number of rotatable bonds is 1. The minimum absolute atomic E-state index is 0. The second-order valence-electron chi connectivity index (χ2n) is 0.733. The van der Waals surface area contributed by atoms with Crippen LogP contribution in [0.1, 0.15) is 0 Å². The summed E-state index contributed by atoms with van der Waals surface area (Å²) in [4.78, 5) is 0. The second-order valence-corrected chi connectivity index (χ2v) is 1.31. The second kappa shape index (κ2) is 4.54. The van der Waals surface area contributed by atoms with E-state index >= 15 is 0 Å². The van der Waals surface area contributed by atoms with Gasteiger partial charge < -0.3 is 4.55 Å². The van der Waals surface area contributed by atoms with Crippen molar-refractivity contribution in [2.24, 2.45) is 0 Å². The number of halogens is 3. The molecule has 9 heavy (non-hydrogen) atoms. The van der Waals surface area contributed by atoms with E-state index in [1.54, 1.807) is 0 Å². The molecule has 0 aromatic rings. The molecule has 0 amide bonds. The third-order valence-corrected chi connectivity index (χ3v) is 0.488. The number of alkyl halides is 3. The molecule has 0 aliphatic carbocycles. The molecule has 0 fully saturated rings. The van der Waals surface area contributed by atoms with Crippen LogP contribution in [0.2, 0.25) is 0 Å². The van der Waals surface area contributed by atoms with Crippen LogP contribution < -0.4 is 0 Å². The van der Waals surface area contributed by atoms with E-state index in [4.69, 9.17) is 8.76 Å². The third kappa shape index (κ3) is 12.1. The van der Waals surface area contributed by atoms with Gasteiger partial charge in [-0.15, -0.1) is 13.2 Å². The molecule has 0 heterocycles. The molecule has 3 nitrogen and oxygen atoms in total. The Morgan fingerprint density at radius 1 is 1.44 bits per heavy atom. The minimum atomic E-state index is -5.09. The van der Waals surface area contributed by atoms with Crippen LogP contribution in [0.3, 0.4) is 0 Å². The van der Waals surface area contributed by atoms with Crippen LogP contribution in [0.25, 0.3) is 0 Å². The Kier molecular flexibility index (Phi) is 6.27. The SMILES string of the molecule is O=S([O-])OC(F)(F)F.[BiH3]. The van der Waals surface area contributed by atoms with Crippen molar-refractivity contribution in [2.45, 2.75) is 6.36 Å². The van der Waals surface area contributed by atoms with Crippen molar-refractivity contribution in [3.05, 3.63) is 0 Å². The molecule has 1 atom stereocenters. The van der Waals surface area contributed by atoms with Crippen LogP contribution in [0.15, 0.2) is 0 Å². The fraction of sp³-hybridized carbons (Fsp3) is 1.00. The topological polar surface area (TPSA) is 49.4 Å². The van der Waals surface area contributed by atoms with Crippen molar-refractivity contribution in [3.8, 4) is 0 Å². The van der Waals surface area contributed by atoms with Crippen molar-refractivity contribution >= 4 is 37.6 Å². The third-order valence-electron chi connectivity index (χ3n) is 0.163. The van der Waals surface area contributed by atoms with E-state index in [2.05, 4.69) is 4.18 Å². The van der Waals surface area contributed by atoms with E-state index in [0.29, 0.717) is 0 Å². The van der Waals surface area contributed by atoms with Gasteiger partial charge in [-0.1, -0.05) is 0 Å². The van der Waals surface area contributed by atoms with Gasteiger partial charge in [-0.25, -0.2) is 8.39 Å². The molecule has 0 saturated carbocycles. The summed E-state index contributed by atoms with van der Waals surface area (Å²) in [6.07, 6.45) is -5.09. The summed E-state index contributed by atoms with van der Waals surface area (Å²) in [5.41, 5.74) is 0. The van der Waals surface area contributed by atoms with Crippen LogP contribution in [-0.4, -0.2) is 41.3 Å². The average Bonchev–Trinajstić information content (AvgIpc) is 1.21. The molecule has 0 aromatic heterocycles. The van der Waals surface area contributed by atoms with Crippen molar-refractivity contribution in [1.82, 2.24) is 0 Å². The first-order chi connectivity index (χ1) is 3.42. The maximum absolute atomic E-state index is 10.7. The summed E-state index contributed by atoms with van der Waals surface area (Å²) in [5, 5.41) is 0. The van der Waals surface area contributed by atoms with Gasteiger partial charge in [0.05, 0.1) is 11.4 Å².